The van der Waals surface area contributed by atoms with Gasteiger partial charge in [0, 0.05) is 17.9 Å². The van der Waals surface area contributed by atoms with Crippen LogP contribution >= 0.6 is 11.8 Å². The number of nitrogens with one attached hydrogen (secondary N) is 1. The van der Waals surface area contributed by atoms with Crippen molar-refractivity contribution in [2.75, 3.05) is 18.2 Å². The number of aromatic nitrogens is 1. The lowest BCUT2D eigenvalue weighted by molar-refractivity contribution is -0.129. The van der Waals surface area contributed by atoms with Crippen molar-refractivity contribution in [3.63, 3.8) is 0 Å². The summed E-state index contributed by atoms with van der Waals surface area (Å²) in [5.41, 5.74) is 2.74. The molecule has 0 spiro atoms. The number of amides is 1. The molecular weight excluding hydrogens is 424 g/mol. The summed E-state index contributed by atoms with van der Waals surface area (Å²) in [6.07, 6.45) is 0. The minimum Gasteiger partial charge on any atom is -0.487 e. The molecule has 1 aliphatic heterocycles. The lowest BCUT2D eigenvalue weighted by Gasteiger charge is -2.18. The van der Waals surface area contributed by atoms with Gasteiger partial charge in [-0.05, 0) is 36.8 Å². The molecule has 32 heavy (non-hydrogen) atoms. The summed E-state index contributed by atoms with van der Waals surface area (Å²) < 4.78 is 11.6. The molecule has 2 aromatic carbocycles. The molecule has 8 heteroatoms. The molecule has 0 radical (unpaired) electrons. The molecule has 0 saturated carbocycles. The van der Waals surface area contributed by atoms with Crippen LogP contribution in [0.25, 0.3) is 11.5 Å². The van der Waals surface area contributed by atoms with Crippen LogP contribution in [-0.2, 0) is 17.9 Å². The molecule has 1 atom stereocenters. The molecule has 164 valence electrons. The summed E-state index contributed by atoms with van der Waals surface area (Å²) >= 11 is 1.61. The lowest BCUT2D eigenvalue weighted by atomic mass is 10.2. The van der Waals surface area contributed by atoms with Crippen LogP contribution in [0.15, 0.2) is 59.0 Å². The van der Waals surface area contributed by atoms with Crippen molar-refractivity contribution in [1.29, 1.82) is 5.26 Å². The summed E-state index contributed by atoms with van der Waals surface area (Å²) in [5, 5.41) is 12.3. The first-order valence-corrected chi connectivity index (χ1v) is 11.5. The Morgan fingerprint density at radius 3 is 2.81 bits per heavy atom. The molecule has 1 N–H and O–H groups in total. The number of carbonyl (C=O) groups excluding carboxylic acids is 1. The van der Waals surface area contributed by atoms with Gasteiger partial charge in [-0.15, -0.1) is 11.8 Å². The van der Waals surface area contributed by atoms with E-state index in [1.807, 2.05) is 61.5 Å². The maximum atomic E-state index is 12.3. The van der Waals surface area contributed by atoms with Crippen LogP contribution < -0.4 is 10.1 Å². The highest BCUT2D eigenvalue weighted by atomic mass is 32.2. The van der Waals surface area contributed by atoms with Gasteiger partial charge in [0.1, 0.15) is 29.9 Å². The van der Waals surface area contributed by atoms with Crippen LogP contribution in [0.2, 0.25) is 0 Å². The van der Waals surface area contributed by atoms with Crippen molar-refractivity contribution < 1.29 is 13.9 Å². The van der Waals surface area contributed by atoms with Gasteiger partial charge in [-0.2, -0.15) is 5.26 Å². The van der Waals surface area contributed by atoms with Gasteiger partial charge in [0.25, 0.3) is 0 Å². The van der Waals surface area contributed by atoms with E-state index in [4.69, 9.17) is 14.4 Å². The van der Waals surface area contributed by atoms with Crippen molar-refractivity contribution in [2.24, 2.45) is 0 Å². The quantitative estimate of drug-likeness (QED) is 0.561. The second-order valence-corrected chi connectivity index (χ2v) is 8.43. The predicted molar refractivity (Wildman–Crippen MR) is 123 cm³/mol. The van der Waals surface area contributed by atoms with Gasteiger partial charge in [-0.1, -0.05) is 30.3 Å². The molecule has 1 fully saturated rings. The summed E-state index contributed by atoms with van der Waals surface area (Å²) in [5.74, 6) is 3.29. The number of hydrogen-bond donors (Lipinski definition) is 1. The smallest absolute Gasteiger partial charge is 0.238 e. The second kappa shape index (κ2) is 10.4. The average molecular weight is 449 g/mol. The van der Waals surface area contributed by atoms with Crippen molar-refractivity contribution >= 4 is 17.7 Å². The third-order valence-electron chi connectivity index (χ3n) is 5.17. The van der Waals surface area contributed by atoms with Gasteiger partial charge in [-0.3, -0.25) is 4.79 Å². The minimum atomic E-state index is -0.317. The first-order chi connectivity index (χ1) is 15.6. The lowest BCUT2D eigenvalue weighted by Crippen LogP contribution is -2.41. The van der Waals surface area contributed by atoms with E-state index in [0.29, 0.717) is 30.7 Å². The Hall–Kier alpha value is -3.28. The first-order valence-electron chi connectivity index (χ1n) is 10.3. The Balaban J connectivity index is 1.25. The van der Waals surface area contributed by atoms with Gasteiger partial charge < -0.3 is 19.4 Å². The Labute approximate surface area is 191 Å². The van der Waals surface area contributed by atoms with Crippen LogP contribution in [0.3, 0.4) is 0 Å². The molecular formula is C24H24N4O3S. The Kier molecular flexibility index (Phi) is 7.10. The Morgan fingerprint density at radius 1 is 1.28 bits per heavy atom. The average Bonchev–Trinajstić information content (AvgIpc) is 3.45. The van der Waals surface area contributed by atoms with Crippen LogP contribution in [0.1, 0.15) is 17.0 Å². The van der Waals surface area contributed by atoms with Crippen LogP contribution in [-0.4, -0.2) is 40.0 Å². The number of aryl methyl sites for hydroxylation is 1. The zero-order valence-electron chi connectivity index (χ0n) is 17.8. The van der Waals surface area contributed by atoms with E-state index >= 15 is 0 Å². The van der Waals surface area contributed by atoms with Crippen LogP contribution in [0.4, 0.5) is 0 Å². The van der Waals surface area contributed by atoms with Gasteiger partial charge in [-0.25, -0.2) is 4.98 Å². The van der Waals surface area contributed by atoms with E-state index in [2.05, 4.69) is 16.4 Å². The standard InChI is InChI=1S/C24H24N4O3S/c1-17-22(27-24(31-17)19-5-3-2-4-6-19)14-30-21-9-7-18(8-10-21)12-26-13-23(29)28-16-32-15-20(28)11-25/h2-10,20,26H,12-16H2,1H3/t20-/m1/s1. The normalized spacial score (nSPS) is 15.5. The van der Waals surface area contributed by atoms with E-state index in [1.54, 1.807) is 16.7 Å². The van der Waals surface area contributed by atoms with Gasteiger partial charge in [0.05, 0.1) is 18.5 Å². The predicted octanol–water partition coefficient (Wildman–Crippen LogP) is 3.74. The maximum Gasteiger partial charge on any atom is 0.238 e. The fraction of sp³-hybridized carbons (Fsp3) is 0.292. The number of hydrogen-bond acceptors (Lipinski definition) is 7. The molecule has 2 heterocycles. The zero-order chi connectivity index (χ0) is 22.3. The molecule has 1 amide bonds. The van der Waals surface area contributed by atoms with Gasteiger partial charge in [0.2, 0.25) is 11.8 Å². The molecule has 1 aliphatic rings. The molecule has 4 rings (SSSR count). The van der Waals surface area contributed by atoms with Gasteiger partial charge in [0.15, 0.2) is 0 Å². The fourth-order valence-corrected chi connectivity index (χ4v) is 4.44. The van der Waals surface area contributed by atoms with Crippen molar-refractivity contribution in [3.8, 4) is 23.3 Å². The Bertz CT molecular complexity index is 1090. The van der Waals surface area contributed by atoms with Crippen molar-refractivity contribution in [2.45, 2.75) is 26.1 Å². The largest absolute Gasteiger partial charge is 0.487 e. The summed E-state index contributed by atoms with van der Waals surface area (Å²) in [6, 6.07) is 19.4. The summed E-state index contributed by atoms with van der Waals surface area (Å²) in [7, 11) is 0. The number of rotatable bonds is 8. The fourth-order valence-electron chi connectivity index (χ4n) is 3.33. The van der Waals surface area contributed by atoms with Crippen LogP contribution in [0, 0.1) is 18.3 Å². The SMILES string of the molecule is Cc1oc(-c2ccccc2)nc1COc1ccc(CNCC(=O)N2CSC[C@H]2C#N)cc1. The third-order valence-corrected chi connectivity index (χ3v) is 6.18. The molecule has 0 aliphatic carbocycles. The number of nitrogens with zero attached hydrogens (tertiary/aromatic N) is 3. The van der Waals surface area contributed by atoms with E-state index in [9.17, 15) is 4.79 Å². The summed E-state index contributed by atoms with van der Waals surface area (Å²) in [6.45, 7) is 2.98. The molecule has 7 nitrogen and oxygen atoms in total. The zero-order valence-corrected chi connectivity index (χ0v) is 18.6. The molecule has 1 aromatic heterocycles. The van der Waals surface area contributed by atoms with Crippen LogP contribution in [0.5, 0.6) is 5.75 Å². The number of thioether (sulfide) groups is 1. The first kappa shape index (κ1) is 21.9. The minimum absolute atomic E-state index is 0.0423. The van der Waals surface area contributed by atoms with Gasteiger partial charge >= 0.3 is 0 Å². The molecule has 3 aromatic rings. The highest BCUT2D eigenvalue weighted by molar-refractivity contribution is 7.99. The Morgan fingerprint density at radius 2 is 2.06 bits per heavy atom. The van der Waals surface area contributed by atoms with Crippen molar-refractivity contribution in [3.05, 3.63) is 71.6 Å². The monoisotopic (exact) mass is 448 g/mol. The number of ether oxygens (including phenoxy) is 1. The topological polar surface area (TPSA) is 91.4 Å². The molecule has 1 saturated heterocycles. The highest BCUT2D eigenvalue weighted by Crippen LogP contribution is 2.23. The number of benzene rings is 2. The third kappa shape index (κ3) is 5.31. The molecule has 0 bridgehead atoms. The highest BCUT2D eigenvalue weighted by Gasteiger charge is 2.28. The number of oxazole rings is 1. The van der Waals surface area contributed by atoms with Crippen molar-refractivity contribution in [1.82, 2.24) is 15.2 Å². The van der Waals surface area contributed by atoms with E-state index in [-0.39, 0.29) is 18.5 Å². The maximum absolute atomic E-state index is 12.3. The summed E-state index contributed by atoms with van der Waals surface area (Å²) in [4.78, 5) is 18.4. The van der Waals surface area contributed by atoms with E-state index < -0.39 is 0 Å². The number of carbonyl (C=O) groups is 1. The number of nitriles is 1. The van der Waals surface area contributed by atoms with E-state index in [0.717, 1.165) is 28.3 Å². The molecule has 0 unspecified atom stereocenters. The van der Waals surface area contributed by atoms with E-state index in [1.165, 1.54) is 0 Å². The second-order valence-electron chi connectivity index (χ2n) is 7.43.